The van der Waals surface area contributed by atoms with Gasteiger partial charge in [-0.25, -0.2) is 4.79 Å². The van der Waals surface area contributed by atoms with Crippen molar-refractivity contribution in [3.05, 3.63) is 12.2 Å². The van der Waals surface area contributed by atoms with E-state index in [9.17, 15) is 4.79 Å². The molecular formula is C10H17NO2. The molecule has 0 aliphatic carbocycles. The molecule has 0 spiro atoms. The van der Waals surface area contributed by atoms with Gasteiger partial charge in [-0.05, 0) is 26.3 Å². The van der Waals surface area contributed by atoms with Crippen LogP contribution in [0.15, 0.2) is 12.2 Å². The van der Waals surface area contributed by atoms with Gasteiger partial charge in [0.05, 0.1) is 6.61 Å². The quantitative estimate of drug-likeness (QED) is 0.526. The third-order valence-electron chi connectivity index (χ3n) is 2.33. The van der Waals surface area contributed by atoms with E-state index < -0.39 is 0 Å². The highest BCUT2D eigenvalue weighted by atomic mass is 16.5. The Morgan fingerprint density at radius 2 is 2.46 bits per heavy atom. The minimum absolute atomic E-state index is 0.240. The molecule has 1 heterocycles. The first-order chi connectivity index (χ1) is 6.25. The fourth-order valence-electron chi connectivity index (χ4n) is 1.54. The van der Waals surface area contributed by atoms with Crippen LogP contribution in [0.25, 0.3) is 0 Å². The van der Waals surface area contributed by atoms with E-state index in [1.807, 2.05) is 6.92 Å². The van der Waals surface area contributed by atoms with Crippen molar-refractivity contribution in [2.75, 3.05) is 19.7 Å². The molecule has 0 saturated carbocycles. The number of hydrogen-bond donors (Lipinski definition) is 1. The Hall–Kier alpha value is -0.830. The van der Waals surface area contributed by atoms with Gasteiger partial charge in [0.15, 0.2) is 0 Å². The zero-order chi connectivity index (χ0) is 9.68. The van der Waals surface area contributed by atoms with E-state index in [0.29, 0.717) is 12.2 Å². The van der Waals surface area contributed by atoms with E-state index in [4.69, 9.17) is 4.74 Å². The highest BCUT2D eigenvalue weighted by molar-refractivity contribution is 5.88. The van der Waals surface area contributed by atoms with Crippen LogP contribution in [0.1, 0.15) is 19.8 Å². The molecule has 1 N–H and O–H groups in total. The van der Waals surface area contributed by atoms with Crippen LogP contribution in [-0.2, 0) is 9.53 Å². The van der Waals surface area contributed by atoms with Gasteiger partial charge in [-0.2, -0.15) is 0 Å². The van der Waals surface area contributed by atoms with Crippen LogP contribution in [-0.4, -0.2) is 25.7 Å². The lowest BCUT2D eigenvalue weighted by Gasteiger charge is -2.23. The van der Waals surface area contributed by atoms with Crippen molar-refractivity contribution in [2.45, 2.75) is 19.8 Å². The Labute approximate surface area is 79.2 Å². The van der Waals surface area contributed by atoms with Crippen molar-refractivity contribution < 1.29 is 9.53 Å². The molecular weight excluding hydrogens is 166 g/mol. The molecule has 1 fully saturated rings. The van der Waals surface area contributed by atoms with Crippen molar-refractivity contribution >= 4 is 5.97 Å². The third kappa shape index (κ3) is 2.84. The zero-order valence-corrected chi connectivity index (χ0v) is 8.14. The van der Waals surface area contributed by atoms with Crippen LogP contribution in [0, 0.1) is 5.92 Å². The molecule has 0 aromatic rings. The highest BCUT2D eigenvalue weighted by Gasteiger charge is 2.21. The minimum Gasteiger partial charge on any atom is -0.463 e. The van der Waals surface area contributed by atoms with Crippen LogP contribution in [0.2, 0.25) is 0 Å². The maximum Gasteiger partial charge on any atom is 0.333 e. The molecule has 3 nitrogen and oxygen atoms in total. The fraction of sp³-hybridized carbons (Fsp3) is 0.700. The zero-order valence-electron chi connectivity index (χ0n) is 8.14. The lowest BCUT2D eigenvalue weighted by molar-refractivity contribution is -0.139. The van der Waals surface area contributed by atoms with Crippen molar-refractivity contribution in [3.8, 4) is 0 Å². The Bertz CT molecular complexity index is 195. The number of esters is 1. The van der Waals surface area contributed by atoms with E-state index >= 15 is 0 Å². The number of carbonyl (C=O) groups excluding carboxylic acids is 1. The van der Waals surface area contributed by atoms with Crippen molar-refractivity contribution in [2.24, 2.45) is 5.92 Å². The first-order valence-electron chi connectivity index (χ1n) is 4.82. The Balaban J connectivity index is 2.40. The van der Waals surface area contributed by atoms with Gasteiger partial charge in [-0.15, -0.1) is 0 Å². The maximum atomic E-state index is 11.3. The number of carbonyl (C=O) groups is 1. The minimum atomic E-state index is -0.240. The van der Waals surface area contributed by atoms with Gasteiger partial charge in [0.25, 0.3) is 0 Å². The molecule has 74 valence electrons. The second-order valence-corrected chi connectivity index (χ2v) is 3.29. The van der Waals surface area contributed by atoms with E-state index in [2.05, 4.69) is 11.9 Å². The molecule has 13 heavy (non-hydrogen) atoms. The molecule has 0 aromatic carbocycles. The van der Waals surface area contributed by atoms with Crippen LogP contribution < -0.4 is 5.32 Å². The predicted molar refractivity (Wildman–Crippen MR) is 51.4 cm³/mol. The van der Waals surface area contributed by atoms with E-state index in [1.165, 1.54) is 0 Å². The Kier molecular flexibility index (Phi) is 3.96. The van der Waals surface area contributed by atoms with E-state index in [-0.39, 0.29) is 11.9 Å². The first kappa shape index (κ1) is 10.3. The second-order valence-electron chi connectivity index (χ2n) is 3.29. The van der Waals surface area contributed by atoms with Gasteiger partial charge in [0.1, 0.15) is 0 Å². The first-order valence-corrected chi connectivity index (χ1v) is 4.82. The average molecular weight is 183 g/mol. The standard InChI is InChI=1S/C10H17NO2/c1-3-13-10(12)8(2)9-5-4-6-11-7-9/h9,11H,2-7H2,1H3. The number of piperidine rings is 1. The van der Waals surface area contributed by atoms with Gasteiger partial charge in [-0.3, -0.25) is 0 Å². The van der Waals surface area contributed by atoms with Gasteiger partial charge in [0, 0.05) is 18.0 Å². The maximum absolute atomic E-state index is 11.3. The summed E-state index contributed by atoms with van der Waals surface area (Å²) in [5.41, 5.74) is 0.619. The molecule has 0 bridgehead atoms. The van der Waals surface area contributed by atoms with Crippen molar-refractivity contribution in [1.29, 1.82) is 0 Å². The summed E-state index contributed by atoms with van der Waals surface area (Å²) in [6.45, 7) is 7.93. The molecule has 1 aliphatic rings. The summed E-state index contributed by atoms with van der Waals surface area (Å²) in [6.07, 6.45) is 2.16. The average Bonchev–Trinajstić information content (AvgIpc) is 2.18. The number of nitrogens with one attached hydrogen (secondary N) is 1. The van der Waals surface area contributed by atoms with Crippen LogP contribution in [0.5, 0.6) is 0 Å². The van der Waals surface area contributed by atoms with E-state index in [1.54, 1.807) is 0 Å². The van der Waals surface area contributed by atoms with Crippen LogP contribution >= 0.6 is 0 Å². The summed E-state index contributed by atoms with van der Waals surface area (Å²) in [6, 6.07) is 0. The summed E-state index contributed by atoms with van der Waals surface area (Å²) >= 11 is 0. The molecule has 1 unspecified atom stereocenters. The summed E-state index contributed by atoms with van der Waals surface area (Å²) in [5, 5.41) is 3.24. The normalized spacial score (nSPS) is 22.4. The molecule has 1 saturated heterocycles. The Morgan fingerprint density at radius 1 is 1.69 bits per heavy atom. The third-order valence-corrected chi connectivity index (χ3v) is 2.33. The molecule has 0 radical (unpaired) electrons. The van der Waals surface area contributed by atoms with E-state index in [0.717, 1.165) is 25.9 Å². The summed E-state index contributed by atoms with van der Waals surface area (Å²) in [4.78, 5) is 11.3. The molecule has 1 atom stereocenters. The predicted octanol–water partition coefficient (Wildman–Crippen LogP) is 1.11. The summed E-state index contributed by atoms with van der Waals surface area (Å²) < 4.78 is 4.89. The largest absolute Gasteiger partial charge is 0.463 e. The highest BCUT2D eigenvalue weighted by Crippen LogP contribution is 2.18. The summed E-state index contributed by atoms with van der Waals surface area (Å²) in [7, 11) is 0. The number of rotatable bonds is 3. The van der Waals surface area contributed by atoms with Gasteiger partial charge >= 0.3 is 5.97 Å². The van der Waals surface area contributed by atoms with Crippen LogP contribution in [0.4, 0.5) is 0 Å². The molecule has 3 heteroatoms. The van der Waals surface area contributed by atoms with Crippen molar-refractivity contribution in [1.82, 2.24) is 5.32 Å². The number of hydrogen-bond acceptors (Lipinski definition) is 3. The topological polar surface area (TPSA) is 38.3 Å². The molecule has 0 aromatic heterocycles. The van der Waals surface area contributed by atoms with Crippen LogP contribution in [0.3, 0.4) is 0 Å². The van der Waals surface area contributed by atoms with Crippen molar-refractivity contribution in [3.63, 3.8) is 0 Å². The summed E-state index contributed by atoms with van der Waals surface area (Å²) in [5.74, 6) is 0.0315. The van der Waals surface area contributed by atoms with Gasteiger partial charge in [0.2, 0.25) is 0 Å². The molecule has 1 aliphatic heterocycles. The van der Waals surface area contributed by atoms with Gasteiger partial charge < -0.3 is 10.1 Å². The molecule has 0 amide bonds. The molecule has 1 rings (SSSR count). The lowest BCUT2D eigenvalue weighted by atomic mass is 9.92. The lowest BCUT2D eigenvalue weighted by Crippen LogP contribution is -2.32. The number of ether oxygens (including phenoxy) is 1. The smallest absolute Gasteiger partial charge is 0.333 e. The SMILES string of the molecule is C=C(C(=O)OCC)C1CCCNC1. The second kappa shape index (κ2) is 5.02. The monoisotopic (exact) mass is 183 g/mol. The fourth-order valence-corrected chi connectivity index (χ4v) is 1.54. The van der Waals surface area contributed by atoms with Gasteiger partial charge in [-0.1, -0.05) is 6.58 Å². The Morgan fingerprint density at radius 3 is 3.00 bits per heavy atom.